The molecule has 3 aromatic carbocycles. The van der Waals surface area contributed by atoms with Crippen LogP contribution in [0.15, 0.2) is 72.3 Å². The summed E-state index contributed by atoms with van der Waals surface area (Å²) in [5.74, 6) is 2.56. The van der Waals surface area contributed by atoms with Crippen LogP contribution in [0.1, 0.15) is 47.9 Å². The van der Waals surface area contributed by atoms with Crippen molar-refractivity contribution in [2.75, 3.05) is 27.3 Å². The van der Waals surface area contributed by atoms with Crippen molar-refractivity contribution in [3.8, 4) is 17.2 Å². The molecule has 0 unspecified atom stereocenters. The zero-order valence-corrected chi connectivity index (χ0v) is 22.2. The molecule has 0 amide bonds. The lowest BCUT2D eigenvalue weighted by Crippen LogP contribution is -2.17. The van der Waals surface area contributed by atoms with E-state index in [9.17, 15) is 0 Å². The van der Waals surface area contributed by atoms with Crippen LogP contribution in [0.4, 0.5) is 0 Å². The Labute approximate surface area is 222 Å². The van der Waals surface area contributed by atoms with Crippen molar-refractivity contribution >= 4 is 18.5 Å². The van der Waals surface area contributed by atoms with Crippen molar-refractivity contribution in [1.29, 1.82) is 0 Å². The van der Waals surface area contributed by atoms with Crippen LogP contribution in [0.25, 0.3) is 6.08 Å². The monoisotopic (exact) mass is 507 g/mol. The molecule has 3 aromatic rings. The summed E-state index contributed by atoms with van der Waals surface area (Å²) in [5, 5.41) is 3.61. The molecule has 0 radical (unpaired) electrons. The fourth-order valence-corrected chi connectivity index (χ4v) is 4.59. The highest BCUT2D eigenvalue weighted by molar-refractivity contribution is 5.85. The standard InChI is InChI=1S/C31H37NO3.ClH/c1-33-30-21-27-16-15-25(19-28(27)22-31(30)34-2)13-8-18-32-17-7-12-24-11-6-14-29(20-24)35-23-26-9-4-3-5-10-26;/h3-6,9-11,14,19-22,32H,7-8,12-13,15-18,23H2,1-2H3;1H. The van der Waals surface area contributed by atoms with Gasteiger partial charge in [-0.25, -0.2) is 0 Å². The molecule has 0 aromatic heterocycles. The number of halogens is 1. The van der Waals surface area contributed by atoms with Gasteiger partial charge in [-0.3, -0.25) is 0 Å². The zero-order chi connectivity index (χ0) is 24.3. The van der Waals surface area contributed by atoms with Gasteiger partial charge >= 0.3 is 0 Å². The highest BCUT2D eigenvalue weighted by Gasteiger charge is 2.15. The smallest absolute Gasteiger partial charge is 0.161 e. The van der Waals surface area contributed by atoms with Crippen molar-refractivity contribution in [2.24, 2.45) is 0 Å². The molecule has 1 aliphatic carbocycles. The van der Waals surface area contributed by atoms with E-state index in [0.717, 1.165) is 68.9 Å². The van der Waals surface area contributed by atoms with Crippen molar-refractivity contribution in [2.45, 2.75) is 45.1 Å². The highest BCUT2D eigenvalue weighted by Crippen LogP contribution is 2.35. The molecule has 0 spiro atoms. The molecule has 1 N–H and O–H groups in total. The minimum Gasteiger partial charge on any atom is -0.493 e. The lowest BCUT2D eigenvalue weighted by molar-refractivity contribution is 0.306. The van der Waals surface area contributed by atoms with Gasteiger partial charge in [-0.1, -0.05) is 54.1 Å². The Morgan fingerprint density at radius 1 is 0.750 bits per heavy atom. The molecule has 4 rings (SSSR count). The summed E-state index contributed by atoms with van der Waals surface area (Å²) in [5.41, 5.74) is 6.66. The highest BCUT2D eigenvalue weighted by atomic mass is 35.5. The molecular formula is C31H38ClNO3. The van der Waals surface area contributed by atoms with E-state index in [1.807, 2.05) is 24.3 Å². The molecule has 0 saturated carbocycles. The molecular weight excluding hydrogens is 470 g/mol. The first kappa shape index (κ1) is 27.6. The van der Waals surface area contributed by atoms with Crippen molar-refractivity contribution < 1.29 is 14.2 Å². The second-order valence-electron chi connectivity index (χ2n) is 9.09. The minimum absolute atomic E-state index is 0. The molecule has 192 valence electrons. The summed E-state index contributed by atoms with van der Waals surface area (Å²) in [6.45, 7) is 2.69. The van der Waals surface area contributed by atoms with Gasteiger partial charge in [0.25, 0.3) is 0 Å². The first-order valence-electron chi connectivity index (χ1n) is 12.7. The molecule has 0 fully saturated rings. The third kappa shape index (κ3) is 8.04. The Hall–Kier alpha value is -2.95. The van der Waals surface area contributed by atoms with Gasteiger partial charge in [-0.05, 0) is 98.1 Å². The van der Waals surface area contributed by atoms with E-state index >= 15 is 0 Å². The Morgan fingerprint density at radius 2 is 1.47 bits per heavy atom. The Morgan fingerprint density at radius 3 is 2.25 bits per heavy atom. The lowest BCUT2D eigenvalue weighted by Gasteiger charge is -2.19. The number of ether oxygens (including phenoxy) is 3. The number of methoxy groups -OCH3 is 2. The number of nitrogens with one attached hydrogen (secondary N) is 1. The van der Waals surface area contributed by atoms with E-state index in [1.165, 1.54) is 27.8 Å². The first-order chi connectivity index (χ1) is 17.2. The van der Waals surface area contributed by atoms with Crippen LogP contribution in [-0.2, 0) is 19.4 Å². The Balaban J connectivity index is 0.00000361. The van der Waals surface area contributed by atoms with Crippen LogP contribution in [0, 0.1) is 0 Å². The molecule has 0 heterocycles. The lowest BCUT2D eigenvalue weighted by atomic mass is 9.89. The summed E-state index contributed by atoms with van der Waals surface area (Å²) in [6.07, 6.45) is 9.03. The fourth-order valence-electron chi connectivity index (χ4n) is 4.59. The summed E-state index contributed by atoms with van der Waals surface area (Å²) in [7, 11) is 3.39. The molecule has 1 aliphatic rings. The fraction of sp³-hybridized carbons (Fsp3) is 0.355. The molecule has 4 nitrogen and oxygen atoms in total. The average Bonchev–Trinajstić information content (AvgIpc) is 2.91. The number of hydrogen-bond donors (Lipinski definition) is 1. The summed E-state index contributed by atoms with van der Waals surface area (Å²) < 4.78 is 16.9. The van der Waals surface area contributed by atoms with Crippen LogP contribution in [0.2, 0.25) is 0 Å². The number of benzene rings is 3. The van der Waals surface area contributed by atoms with Gasteiger partial charge in [-0.2, -0.15) is 0 Å². The van der Waals surface area contributed by atoms with E-state index in [1.54, 1.807) is 14.2 Å². The predicted octanol–water partition coefficient (Wildman–Crippen LogP) is 7.04. The minimum atomic E-state index is 0. The SMILES string of the molecule is COc1cc2c(cc1OC)CCC(CCCNCCCc1cccc(OCc3ccccc3)c1)=C2.Cl. The van der Waals surface area contributed by atoms with Gasteiger partial charge in [0.05, 0.1) is 14.2 Å². The molecule has 0 bridgehead atoms. The average molecular weight is 508 g/mol. The Bertz CT molecular complexity index is 1110. The predicted molar refractivity (Wildman–Crippen MR) is 151 cm³/mol. The van der Waals surface area contributed by atoms with E-state index in [0.29, 0.717) is 6.61 Å². The van der Waals surface area contributed by atoms with Crippen molar-refractivity contribution in [1.82, 2.24) is 5.32 Å². The van der Waals surface area contributed by atoms with Crippen molar-refractivity contribution in [3.63, 3.8) is 0 Å². The van der Waals surface area contributed by atoms with Gasteiger partial charge in [0, 0.05) is 0 Å². The van der Waals surface area contributed by atoms with Crippen LogP contribution in [0.3, 0.4) is 0 Å². The summed E-state index contributed by atoms with van der Waals surface area (Å²) in [4.78, 5) is 0. The normalized spacial score (nSPS) is 12.2. The van der Waals surface area contributed by atoms with Crippen LogP contribution < -0.4 is 19.5 Å². The van der Waals surface area contributed by atoms with Gasteiger partial charge < -0.3 is 19.5 Å². The van der Waals surface area contributed by atoms with Gasteiger partial charge in [-0.15, -0.1) is 12.4 Å². The number of aryl methyl sites for hydroxylation is 2. The van der Waals surface area contributed by atoms with Crippen LogP contribution >= 0.6 is 12.4 Å². The van der Waals surface area contributed by atoms with Crippen LogP contribution in [-0.4, -0.2) is 27.3 Å². The van der Waals surface area contributed by atoms with Gasteiger partial charge in [0.2, 0.25) is 0 Å². The zero-order valence-electron chi connectivity index (χ0n) is 21.4. The largest absolute Gasteiger partial charge is 0.493 e. The number of allylic oxidation sites excluding steroid dienone is 1. The molecule has 0 aliphatic heterocycles. The van der Waals surface area contributed by atoms with E-state index < -0.39 is 0 Å². The third-order valence-electron chi connectivity index (χ3n) is 6.54. The quantitative estimate of drug-likeness (QED) is 0.252. The maximum atomic E-state index is 5.96. The first-order valence-corrected chi connectivity index (χ1v) is 12.7. The Kier molecular flexibility index (Phi) is 11.2. The molecule has 36 heavy (non-hydrogen) atoms. The van der Waals surface area contributed by atoms with Crippen molar-refractivity contribution in [3.05, 3.63) is 94.6 Å². The molecule has 5 heteroatoms. The van der Waals surface area contributed by atoms with Crippen LogP contribution in [0.5, 0.6) is 17.2 Å². The third-order valence-corrected chi connectivity index (χ3v) is 6.54. The molecule has 0 atom stereocenters. The second kappa shape index (κ2) is 14.6. The maximum Gasteiger partial charge on any atom is 0.161 e. The second-order valence-corrected chi connectivity index (χ2v) is 9.09. The maximum absolute atomic E-state index is 5.96. The number of rotatable bonds is 13. The van der Waals surface area contributed by atoms with Gasteiger partial charge in [0.1, 0.15) is 12.4 Å². The number of fused-ring (bicyclic) bond motifs is 1. The molecule has 0 saturated heterocycles. The van der Waals surface area contributed by atoms with E-state index in [4.69, 9.17) is 14.2 Å². The van der Waals surface area contributed by atoms with Gasteiger partial charge in [0.15, 0.2) is 11.5 Å². The summed E-state index contributed by atoms with van der Waals surface area (Å²) in [6, 6.07) is 23.0. The summed E-state index contributed by atoms with van der Waals surface area (Å²) >= 11 is 0. The topological polar surface area (TPSA) is 39.7 Å². The van der Waals surface area contributed by atoms with E-state index in [-0.39, 0.29) is 12.4 Å². The number of hydrogen-bond acceptors (Lipinski definition) is 4. The van der Waals surface area contributed by atoms with E-state index in [2.05, 4.69) is 53.9 Å².